The van der Waals surface area contributed by atoms with Crippen molar-refractivity contribution in [1.82, 2.24) is 25.8 Å². The van der Waals surface area contributed by atoms with Crippen LogP contribution in [0.25, 0.3) is 22.0 Å². The molecule has 1 aliphatic heterocycles. The van der Waals surface area contributed by atoms with E-state index in [1.807, 2.05) is 36.2 Å². The van der Waals surface area contributed by atoms with E-state index in [4.69, 9.17) is 23.9 Å². The maximum absolute atomic E-state index is 14.3. The number of hydrogen-bond donors (Lipinski definition) is 3. The predicted molar refractivity (Wildman–Crippen MR) is 193 cm³/mol. The minimum absolute atomic E-state index is 0.0292. The topological polar surface area (TPSA) is 140 Å². The number of likely N-dealkylation sites (tertiary alicyclic amines) is 1. The molecule has 3 aromatic rings. The molecular weight excluding hydrogens is 659 g/mol. The van der Waals surface area contributed by atoms with E-state index in [0.29, 0.717) is 39.6 Å². The monoisotopic (exact) mass is 709 g/mol. The minimum Gasteiger partial charge on any atom is -0.491 e. The van der Waals surface area contributed by atoms with Gasteiger partial charge in [-0.1, -0.05) is 43.5 Å². The van der Waals surface area contributed by atoms with E-state index in [1.54, 1.807) is 11.3 Å². The number of alkyl carbamates (subject to hydrolysis) is 1. The van der Waals surface area contributed by atoms with Crippen LogP contribution in [-0.2, 0) is 23.8 Å². The molecule has 2 aromatic carbocycles. The summed E-state index contributed by atoms with van der Waals surface area (Å²) in [5, 5.41) is 13.4. The highest BCUT2D eigenvalue weighted by atomic mass is 32.1. The number of ether oxygens (including phenoxy) is 4. The van der Waals surface area contributed by atoms with Crippen molar-refractivity contribution < 1.29 is 33.3 Å². The fourth-order valence-electron chi connectivity index (χ4n) is 6.75. The Hall–Kier alpha value is -3.78. The van der Waals surface area contributed by atoms with E-state index in [9.17, 15) is 14.4 Å². The van der Waals surface area contributed by atoms with Crippen LogP contribution in [0.1, 0.15) is 62.9 Å². The molecule has 2 unspecified atom stereocenters. The highest BCUT2D eigenvalue weighted by molar-refractivity contribution is 7.10. The Morgan fingerprint density at radius 1 is 0.920 bits per heavy atom. The van der Waals surface area contributed by atoms with Gasteiger partial charge in [0.25, 0.3) is 5.91 Å². The highest BCUT2D eigenvalue weighted by Crippen LogP contribution is 2.40. The molecule has 3 amide bonds. The zero-order valence-electron chi connectivity index (χ0n) is 29.4. The van der Waals surface area contributed by atoms with Gasteiger partial charge in [-0.2, -0.15) is 0 Å². The van der Waals surface area contributed by atoms with Gasteiger partial charge in [0.1, 0.15) is 23.4 Å². The lowest BCUT2D eigenvalue weighted by Crippen LogP contribution is -2.54. The second-order valence-electron chi connectivity index (χ2n) is 12.8. The largest absolute Gasteiger partial charge is 0.491 e. The Bertz CT molecular complexity index is 1560. The van der Waals surface area contributed by atoms with Crippen LogP contribution in [0.3, 0.4) is 0 Å². The molecule has 12 nitrogen and oxygen atoms in total. The van der Waals surface area contributed by atoms with Crippen LogP contribution in [0.2, 0.25) is 0 Å². The van der Waals surface area contributed by atoms with Gasteiger partial charge in [-0.3, -0.25) is 9.59 Å². The number of nitrogens with one attached hydrogen (secondary N) is 3. The average Bonchev–Trinajstić information content (AvgIpc) is 3.84. The van der Waals surface area contributed by atoms with Crippen LogP contribution >= 0.6 is 11.3 Å². The van der Waals surface area contributed by atoms with Crippen LogP contribution < -0.4 is 20.7 Å². The first-order chi connectivity index (χ1) is 24.4. The van der Waals surface area contributed by atoms with Crippen molar-refractivity contribution in [3.8, 4) is 17.0 Å². The summed E-state index contributed by atoms with van der Waals surface area (Å²) in [7, 11) is 3.33. The summed E-state index contributed by atoms with van der Waals surface area (Å²) in [6, 6.07) is 11.3. The standard InChI is InChI=1S/C37H51N5O7S/c1-25(49-37(45)39-3)34(43)41-33(26-10-5-4-6-11-26)36(44)42-18-9-14-31(42)35-40-30(24-50-35)28-15-16-32(29-13-8-7-12-27(28)29)48-23-22-47-21-20-46-19-17-38-2/h7-8,12-13,15-16,24-26,31,33,38H,4-6,9-11,14,17-23H2,1-3H3,(H,39,45)(H,41,43)/t25?,31-,33?/m0/s1. The maximum atomic E-state index is 14.3. The number of likely N-dealkylation sites (N-methyl/N-ethyl adjacent to an activating group) is 1. The molecule has 272 valence electrons. The first-order valence-corrected chi connectivity index (χ1v) is 18.7. The third-order valence-electron chi connectivity index (χ3n) is 9.40. The van der Waals surface area contributed by atoms with Crippen LogP contribution in [-0.4, -0.2) is 100 Å². The summed E-state index contributed by atoms with van der Waals surface area (Å²) in [6.07, 6.45) is 4.85. The number of rotatable bonds is 17. The molecule has 5 rings (SSSR count). The van der Waals surface area contributed by atoms with E-state index >= 15 is 0 Å². The normalized spacial score (nSPS) is 17.7. The second kappa shape index (κ2) is 19.0. The lowest BCUT2D eigenvalue weighted by molar-refractivity contribution is -0.141. The molecule has 1 aromatic heterocycles. The molecule has 0 spiro atoms. The van der Waals surface area contributed by atoms with Crippen LogP contribution in [0, 0.1) is 5.92 Å². The fraction of sp³-hybridized carbons (Fsp3) is 0.568. The number of fused-ring (bicyclic) bond motifs is 1. The fourth-order valence-corrected chi connectivity index (χ4v) is 7.72. The lowest BCUT2D eigenvalue weighted by Gasteiger charge is -2.35. The van der Waals surface area contributed by atoms with Crippen molar-refractivity contribution in [3.63, 3.8) is 0 Å². The zero-order valence-corrected chi connectivity index (χ0v) is 30.2. The summed E-state index contributed by atoms with van der Waals surface area (Å²) >= 11 is 1.56. The van der Waals surface area contributed by atoms with Gasteiger partial charge in [0.15, 0.2) is 6.10 Å². The van der Waals surface area contributed by atoms with Crippen molar-refractivity contribution in [1.29, 1.82) is 0 Å². The number of thiazole rings is 1. The summed E-state index contributed by atoms with van der Waals surface area (Å²) in [6.45, 7) is 5.55. The molecule has 1 aliphatic carbocycles. The van der Waals surface area contributed by atoms with Crippen molar-refractivity contribution in [2.75, 3.05) is 60.2 Å². The van der Waals surface area contributed by atoms with Crippen molar-refractivity contribution >= 4 is 40.0 Å². The molecule has 1 saturated carbocycles. The van der Waals surface area contributed by atoms with E-state index in [-0.39, 0.29) is 17.9 Å². The van der Waals surface area contributed by atoms with Gasteiger partial charge >= 0.3 is 6.09 Å². The van der Waals surface area contributed by atoms with Gasteiger partial charge < -0.3 is 39.8 Å². The Morgan fingerprint density at radius 2 is 1.66 bits per heavy atom. The number of hydrogen-bond acceptors (Lipinski definition) is 10. The van der Waals surface area contributed by atoms with Crippen molar-refractivity contribution in [3.05, 3.63) is 46.8 Å². The van der Waals surface area contributed by atoms with Crippen LogP contribution in [0.5, 0.6) is 5.75 Å². The van der Waals surface area contributed by atoms with Gasteiger partial charge in [-0.05, 0) is 63.1 Å². The number of benzene rings is 2. The summed E-state index contributed by atoms with van der Waals surface area (Å²) in [5.74, 6) is 0.254. The SMILES string of the molecule is CNCCOCCOCCOc1ccc(-c2csc([C@@H]3CCCN3C(=O)C(NC(=O)C(C)OC(=O)NC)C3CCCCC3)n2)c2ccccc12. The first-order valence-electron chi connectivity index (χ1n) is 17.8. The van der Waals surface area contributed by atoms with Crippen LogP contribution in [0.15, 0.2) is 41.8 Å². The number of carbonyl (C=O) groups is 3. The van der Waals surface area contributed by atoms with E-state index in [2.05, 4.69) is 33.5 Å². The predicted octanol–water partition coefficient (Wildman–Crippen LogP) is 5.07. The number of carbonyl (C=O) groups excluding carboxylic acids is 3. The molecule has 2 aliphatic rings. The Balaban J connectivity index is 1.27. The molecule has 13 heteroatoms. The highest BCUT2D eigenvalue weighted by Gasteiger charge is 2.40. The molecule has 0 bridgehead atoms. The van der Waals surface area contributed by atoms with Gasteiger partial charge in [0.05, 0.1) is 38.2 Å². The van der Waals surface area contributed by atoms with Gasteiger partial charge in [-0.15, -0.1) is 11.3 Å². The van der Waals surface area contributed by atoms with Crippen molar-refractivity contribution in [2.24, 2.45) is 5.92 Å². The Labute approximate surface area is 298 Å². The molecule has 3 N–H and O–H groups in total. The Morgan fingerprint density at radius 3 is 2.42 bits per heavy atom. The number of aromatic nitrogens is 1. The van der Waals surface area contributed by atoms with Gasteiger partial charge in [0, 0.05) is 36.5 Å². The van der Waals surface area contributed by atoms with Gasteiger partial charge in [0.2, 0.25) is 5.91 Å². The van der Waals surface area contributed by atoms with E-state index < -0.39 is 24.1 Å². The summed E-state index contributed by atoms with van der Waals surface area (Å²) in [5.41, 5.74) is 1.85. The maximum Gasteiger partial charge on any atom is 0.407 e. The summed E-state index contributed by atoms with van der Waals surface area (Å²) in [4.78, 5) is 46.2. The molecule has 2 heterocycles. The van der Waals surface area contributed by atoms with Gasteiger partial charge in [-0.25, -0.2) is 9.78 Å². The lowest BCUT2D eigenvalue weighted by atomic mass is 9.83. The molecular formula is C37H51N5O7S. The van der Waals surface area contributed by atoms with E-state index in [1.165, 1.54) is 14.0 Å². The smallest absolute Gasteiger partial charge is 0.407 e. The third kappa shape index (κ3) is 9.71. The number of amides is 3. The zero-order chi connectivity index (χ0) is 35.3. The summed E-state index contributed by atoms with van der Waals surface area (Å²) < 4.78 is 22.4. The third-order valence-corrected chi connectivity index (χ3v) is 10.3. The van der Waals surface area contributed by atoms with Crippen molar-refractivity contribution in [2.45, 2.75) is 70.1 Å². The average molecular weight is 710 g/mol. The molecule has 2 fully saturated rings. The molecule has 1 saturated heterocycles. The second-order valence-corrected chi connectivity index (χ2v) is 13.7. The quantitative estimate of drug-likeness (QED) is 0.164. The molecule has 3 atom stereocenters. The molecule has 50 heavy (non-hydrogen) atoms. The molecule has 0 radical (unpaired) electrons. The Kier molecular flexibility index (Phi) is 14.2. The number of nitrogens with zero attached hydrogens (tertiary/aromatic N) is 2. The van der Waals surface area contributed by atoms with E-state index in [0.717, 1.165) is 84.3 Å². The minimum atomic E-state index is -1.02. The van der Waals surface area contributed by atoms with Crippen LogP contribution in [0.4, 0.5) is 4.79 Å². The first kappa shape index (κ1) is 37.5.